The van der Waals surface area contributed by atoms with Crippen LogP contribution in [-0.2, 0) is 27.3 Å². The third-order valence-corrected chi connectivity index (χ3v) is 6.76. The number of amides is 1. The smallest absolute Gasteiger partial charge is 0.331 e. The summed E-state index contributed by atoms with van der Waals surface area (Å²) in [5.41, 5.74) is 4.15. The minimum Gasteiger partial charge on any atom is -0.452 e. The molecule has 0 fully saturated rings. The number of hydrogen-bond acceptors (Lipinski definition) is 6. The van der Waals surface area contributed by atoms with Gasteiger partial charge in [0.15, 0.2) is 11.7 Å². The van der Waals surface area contributed by atoms with E-state index in [2.05, 4.69) is 16.4 Å². The van der Waals surface area contributed by atoms with Crippen molar-refractivity contribution in [2.24, 2.45) is 0 Å². The second-order valence-electron chi connectivity index (χ2n) is 6.85. The predicted octanol–water partition coefficient (Wildman–Crippen LogP) is 3.75. The topological polar surface area (TPSA) is 64.4 Å². The third-order valence-electron chi connectivity index (χ3n) is 4.98. The Morgan fingerprint density at radius 3 is 2.93 bits per heavy atom. The minimum atomic E-state index is -0.523. The van der Waals surface area contributed by atoms with E-state index in [-0.39, 0.29) is 12.5 Å². The van der Waals surface area contributed by atoms with E-state index >= 15 is 0 Å². The Bertz CT molecular complexity index is 1060. The first-order valence-electron chi connectivity index (χ1n) is 9.29. The summed E-state index contributed by atoms with van der Waals surface area (Å²) < 4.78 is 7.22. The van der Waals surface area contributed by atoms with Gasteiger partial charge in [0.2, 0.25) is 0 Å². The van der Waals surface area contributed by atoms with E-state index in [4.69, 9.17) is 4.74 Å². The highest BCUT2D eigenvalue weighted by Crippen LogP contribution is 2.24. The van der Waals surface area contributed by atoms with Gasteiger partial charge in [-0.25, -0.2) is 9.78 Å². The maximum atomic E-state index is 12.4. The van der Waals surface area contributed by atoms with Crippen LogP contribution in [0.5, 0.6) is 0 Å². The van der Waals surface area contributed by atoms with Crippen LogP contribution in [0.25, 0.3) is 11.2 Å². The fourth-order valence-electron chi connectivity index (χ4n) is 3.47. The minimum absolute atomic E-state index is 0.162. The Morgan fingerprint density at radius 1 is 1.28 bits per heavy atom. The van der Waals surface area contributed by atoms with E-state index in [0.717, 1.165) is 28.5 Å². The predicted molar refractivity (Wildman–Crippen MR) is 114 cm³/mol. The number of aryl methyl sites for hydroxylation is 1. The lowest BCUT2D eigenvalue weighted by Gasteiger charge is -2.26. The van der Waals surface area contributed by atoms with Gasteiger partial charge in [0.25, 0.3) is 5.91 Å². The second kappa shape index (κ2) is 8.34. The molecular formula is C21H21N3O3S2. The van der Waals surface area contributed by atoms with Crippen LogP contribution in [-0.4, -0.2) is 39.5 Å². The molecule has 1 amide bonds. The highest BCUT2D eigenvalue weighted by atomic mass is 32.1. The van der Waals surface area contributed by atoms with Crippen molar-refractivity contribution < 1.29 is 14.3 Å². The van der Waals surface area contributed by atoms with E-state index in [1.54, 1.807) is 39.8 Å². The third kappa shape index (κ3) is 4.18. The zero-order valence-electron chi connectivity index (χ0n) is 16.3. The molecule has 6 nitrogen and oxygen atoms in total. The molecule has 150 valence electrons. The Kier molecular flexibility index (Phi) is 5.64. The molecule has 0 spiro atoms. The van der Waals surface area contributed by atoms with Gasteiger partial charge in [0, 0.05) is 47.0 Å². The molecule has 0 bridgehead atoms. The maximum absolute atomic E-state index is 12.4. The molecule has 0 saturated carbocycles. The van der Waals surface area contributed by atoms with Crippen molar-refractivity contribution in [2.45, 2.75) is 26.8 Å². The fraction of sp³-hybridized carbons (Fsp3) is 0.286. The Morgan fingerprint density at radius 2 is 2.14 bits per heavy atom. The van der Waals surface area contributed by atoms with Gasteiger partial charge < -0.3 is 9.64 Å². The van der Waals surface area contributed by atoms with Crippen LogP contribution in [0.4, 0.5) is 0 Å². The summed E-state index contributed by atoms with van der Waals surface area (Å²) in [4.78, 5) is 31.9. The van der Waals surface area contributed by atoms with Crippen LogP contribution < -0.4 is 0 Å². The first-order valence-corrected chi connectivity index (χ1v) is 11.1. The van der Waals surface area contributed by atoms with Crippen LogP contribution in [0.2, 0.25) is 0 Å². The number of rotatable bonds is 5. The van der Waals surface area contributed by atoms with Gasteiger partial charge in [-0.1, -0.05) is 0 Å². The van der Waals surface area contributed by atoms with Gasteiger partial charge in [-0.3, -0.25) is 9.36 Å². The molecule has 0 saturated heterocycles. The van der Waals surface area contributed by atoms with Crippen LogP contribution in [0.15, 0.2) is 35.2 Å². The van der Waals surface area contributed by atoms with E-state index in [1.807, 2.05) is 29.9 Å². The van der Waals surface area contributed by atoms with Gasteiger partial charge in [-0.15, -0.1) is 22.7 Å². The fourth-order valence-corrected chi connectivity index (χ4v) is 5.11. The van der Waals surface area contributed by atoms with Gasteiger partial charge >= 0.3 is 5.97 Å². The number of thiazole rings is 1. The average molecular weight is 428 g/mol. The van der Waals surface area contributed by atoms with Gasteiger partial charge in [-0.05, 0) is 55.0 Å². The number of aromatic nitrogens is 2. The quantitative estimate of drug-likeness (QED) is 0.459. The second-order valence-corrected chi connectivity index (χ2v) is 8.73. The van der Waals surface area contributed by atoms with E-state index in [1.165, 1.54) is 16.5 Å². The normalized spacial score (nSPS) is 13.7. The van der Waals surface area contributed by atoms with Crippen molar-refractivity contribution in [3.05, 3.63) is 62.6 Å². The van der Waals surface area contributed by atoms with Crippen molar-refractivity contribution >= 4 is 40.6 Å². The van der Waals surface area contributed by atoms with Crippen LogP contribution >= 0.6 is 22.7 Å². The lowest BCUT2D eigenvalue weighted by atomic mass is 10.1. The summed E-state index contributed by atoms with van der Waals surface area (Å²) in [6.45, 7) is 5.01. The number of nitrogens with zero attached hydrogens (tertiary/aromatic N) is 3. The summed E-state index contributed by atoms with van der Waals surface area (Å²) in [5.74, 6) is -0.684. The number of thiophene rings is 1. The van der Waals surface area contributed by atoms with Crippen molar-refractivity contribution in [3.8, 4) is 5.13 Å². The summed E-state index contributed by atoms with van der Waals surface area (Å²) in [6.07, 6.45) is 5.72. The molecule has 0 radical (unpaired) electrons. The number of esters is 1. The summed E-state index contributed by atoms with van der Waals surface area (Å²) in [5, 5.41) is 4.87. The SMILES string of the molecule is Cc1cc(/C=C/C(=O)OCC(=O)N2CCc3sccc3C2)c(C)n1-c1nccs1. The zero-order valence-corrected chi connectivity index (χ0v) is 17.9. The molecule has 0 atom stereocenters. The Hall–Kier alpha value is -2.71. The summed E-state index contributed by atoms with van der Waals surface area (Å²) in [7, 11) is 0. The highest BCUT2D eigenvalue weighted by Gasteiger charge is 2.22. The van der Waals surface area contributed by atoms with Gasteiger partial charge in [-0.2, -0.15) is 0 Å². The number of fused-ring (bicyclic) bond motifs is 1. The molecule has 1 aliphatic rings. The maximum Gasteiger partial charge on any atom is 0.331 e. The number of carbonyl (C=O) groups excluding carboxylic acids is 2. The summed E-state index contributed by atoms with van der Waals surface area (Å²) in [6, 6.07) is 4.05. The number of ether oxygens (including phenoxy) is 1. The molecule has 0 unspecified atom stereocenters. The van der Waals surface area contributed by atoms with E-state index < -0.39 is 5.97 Å². The molecule has 3 aromatic heterocycles. The lowest BCUT2D eigenvalue weighted by Crippen LogP contribution is -2.38. The first-order chi connectivity index (χ1) is 14.0. The van der Waals surface area contributed by atoms with Crippen LogP contribution in [0.3, 0.4) is 0 Å². The van der Waals surface area contributed by atoms with Crippen molar-refractivity contribution in [1.29, 1.82) is 0 Å². The zero-order chi connectivity index (χ0) is 20.4. The summed E-state index contributed by atoms with van der Waals surface area (Å²) >= 11 is 3.29. The van der Waals surface area contributed by atoms with Crippen molar-refractivity contribution in [3.63, 3.8) is 0 Å². The molecule has 0 aromatic carbocycles. The molecule has 1 aliphatic heterocycles. The van der Waals surface area contributed by atoms with Crippen LogP contribution in [0.1, 0.15) is 27.4 Å². The molecule has 4 heterocycles. The standard InChI is InChI=1S/C21H21N3O3S2/c1-14-11-16(15(2)24(14)21-22-7-10-29-21)3-4-20(26)27-13-19(25)23-8-5-18-17(12-23)6-9-28-18/h3-4,6-7,9-11H,5,8,12-13H2,1-2H3/b4-3+. The number of carbonyl (C=O) groups is 2. The molecule has 4 rings (SSSR count). The van der Waals surface area contributed by atoms with Crippen LogP contribution in [0, 0.1) is 13.8 Å². The first kappa shape index (κ1) is 19.6. The lowest BCUT2D eigenvalue weighted by molar-refractivity contribution is -0.148. The largest absolute Gasteiger partial charge is 0.452 e. The molecule has 0 N–H and O–H groups in total. The molecular weight excluding hydrogens is 406 g/mol. The average Bonchev–Trinajstić information content (AvgIpc) is 3.44. The van der Waals surface area contributed by atoms with Gasteiger partial charge in [0.05, 0.1) is 0 Å². The molecule has 0 aliphatic carbocycles. The van der Waals surface area contributed by atoms with E-state index in [0.29, 0.717) is 13.1 Å². The molecule has 3 aromatic rings. The molecule has 29 heavy (non-hydrogen) atoms. The monoisotopic (exact) mass is 427 g/mol. The highest BCUT2D eigenvalue weighted by molar-refractivity contribution is 7.12. The Balaban J connectivity index is 1.34. The number of hydrogen-bond donors (Lipinski definition) is 0. The Labute approximate surface area is 177 Å². The van der Waals surface area contributed by atoms with E-state index in [9.17, 15) is 9.59 Å². The molecule has 8 heteroatoms. The van der Waals surface area contributed by atoms with Crippen molar-refractivity contribution in [2.75, 3.05) is 13.2 Å². The van der Waals surface area contributed by atoms with Gasteiger partial charge in [0.1, 0.15) is 0 Å². The van der Waals surface area contributed by atoms with Crippen molar-refractivity contribution in [1.82, 2.24) is 14.5 Å².